The molecule has 1 saturated carbocycles. The molecule has 5 heteroatoms. The highest BCUT2D eigenvalue weighted by Crippen LogP contribution is 2.25. The first-order valence-electron chi connectivity index (χ1n) is 7.07. The minimum atomic E-state index is -0.920. The molecule has 0 aromatic heterocycles. The fraction of sp³-hybridized carbons (Fsp3) is 0.786. The van der Waals surface area contributed by atoms with Crippen LogP contribution in [0.15, 0.2) is 0 Å². The van der Waals surface area contributed by atoms with E-state index in [2.05, 4.69) is 16.7 Å². The first kappa shape index (κ1) is 15.5. The van der Waals surface area contributed by atoms with Gasteiger partial charge in [0.1, 0.15) is 5.41 Å². The molecule has 2 amide bonds. The van der Waals surface area contributed by atoms with Crippen LogP contribution in [-0.4, -0.2) is 24.4 Å². The normalized spacial score (nSPS) is 14.6. The Morgan fingerprint density at radius 2 is 1.95 bits per heavy atom. The predicted molar refractivity (Wildman–Crippen MR) is 72.0 cm³/mol. The Hall–Kier alpha value is -1.57. The summed E-state index contributed by atoms with van der Waals surface area (Å²) in [4.78, 5) is 23.4. The van der Waals surface area contributed by atoms with Crippen LogP contribution < -0.4 is 10.6 Å². The average molecular weight is 265 g/mol. The number of nitrogens with one attached hydrogen (secondary N) is 2. The van der Waals surface area contributed by atoms with Crippen molar-refractivity contribution in [3.05, 3.63) is 0 Å². The van der Waals surface area contributed by atoms with Gasteiger partial charge in [0.15, 0.2) is 0 Å². The first-order chi connectivity index (χ1) is 9.07. The minimum absolute atomic E-state index is 0.0503. The molecular weight excluding hydrogens is 242 g/mol. The van der Waals surface area contributed by atoms with E-state index in [1.807, 2.05) is 13.8 Å². The van der Waals surface area contributed by atoms with Gasteiger partial charge in [-0.1, -0.05) is 13.8 Å². The molecule has 0 unspecified atom stereocenters. The molecule has 0 saturated heterocycles. The highest BCUT2D eigenvalue weighted by Gasteiger charge is 2.34. The van der Waals surface area contributed by atoms with Crippen molar-refractivity contribution in [2.45, 2.75) is 58.4 Å². The second-order valence-corrected chi connectivity index (χ2v) is 5.10. The van der Waals surface area contributed by atoms with E-state index >= 15 is 0 Å². The van der Waals surface area contributed by atoms with E-state index in [1.165, 1.54) is 0 Å². The van der Waals surface area contributed by atoms with Crippen molar-refractivity contribution in [1.82, 2.24) is 10.6 Å². The second kappa shape index (κ2) is 7.13. The molecule has 0 bridgehead atoms. The van der Waals surface area contributed by atoms with Gasteiger partial charge in [0, 0.05) is 19.0 Å². The van der Waals surface area contributed by atoms with Gasteiger partial charge in [0.25, 0.3) is 0 Å². The summed E-state index contributed by atoms with van der Waals surface area (Å²) < 4.78 is 0. The van der Waals surface area contributed by atoms with E-state index in [4.69, 9.17) is 5.26 Å². The van der Waals surface area contributed by atoms with Crippen molar-refractivity contribution in [3.63, 3.8) is 0 Å². The van der Waals surface area contributed by atoms with Gasteiger partial charge in [-0.15, -0.1) is 0 Å². The van der Waals surface area contributed by atoms with Crippen LogP contribution >= 0.6 is 0 Å². The number of carbonyl (C=O) groups is 2. The maximum absolute atomic E-state index is 12.0. The van der Waals surface area contributed by atoms with Crippen molar-refractivity contribution < 1.29 is 9.59 Å². The number of amides is 2. The van der Waals surface area contributed by atoms with Gasteiger partial charge in [-0.3, -0.25) is 9.59 Å². The smallest absolute Gasteiger partial charge is 0.240 e. The quantitative estimate of drug-likeness (QED) is 0.652. The molecule has 0 radical (unpaired) electrons. The molecule has 5 nitrogen and oxygen atoms in total. The Morgan fingerprint density at radius 1 is 1.32 bits per heavy atom. The Bertz CT molecular complexity index is 365. The third kappa shape index (κ3) is 4.55. The van der Waals surface area contributed by atoms with Crippen molar-refractivity contribution in [2.24, 2.45) is 5.41 Å². The molecule has 2 N–H and O–H groups in total. The van der Waals surface area contributed by atoms with E-state index in [0.29, 0.717) is 38.3 Å². The zero-order chi connectivity index (χ0) is 14.3. The summed E-state index contributed by atoms with van der Waals surface area (Å²) in [5, 5.41) is 14.8. The van der Waals surface area contributed by atoms with Crippen molar-refractivity contribution in [2.75, 3.05) is 6.54 Å². The fourth-order valence-electron chi connectivity index (χ4n) is 1.93. The number of rotatable bonds is 8. The molecule has 1 fully saturated rings. The van der Waals surface area contributed by atoms with Crippen LogP contribution in [0.1, 0.15) is 52.4 Å². The Labute approximate surface area is 114 Å². The fourth-order valence-corrected chi connectivity index (χ4v) is 1.93. The standard InChI is InChI=1S/C14H23N3O2/c1-3-14(4-2,10-15)13(19)16-9-5-6-12(18)17-11-7-8-11/h11H,3-9H2,1-2H3,(H,16,19)(H,17,18). The Morgan fingerprint density at radius 3 is 2.42 bits per heavy atom. The highest BCUT2D eigenvalue weighted by molar-refractivity contribution is 5.85. The van der Waals surface area contributed by atoms with E-state index < -0.39 is 5.41 Å². The van der Waals surface area contributed by atoms with Gasteiger partial charge >= 0.3 is 0 Å². The topological polar surface area (TPSA) is 82.0 Å². The second-order valence-electron chi connectivity index (χ2n) is 5.10. The molecule has 19 heavy (non-hydrogen) atoms. The molecule has 0 aromatic carbocycles. The van der Waals surface area contributed by atoms with E-state index in [9.17, 15) is 9.59 Å². The minimum Gasteiger partial charge on any atom is -0.355 e. The van der Waals surface area contributed by atoms with Crippen molar-refractivity contribution >= 4 is 11.8 Å². The van der Waals surface area contributed by atoms with Gasteiger partial charge in [0.05, 0.1) is 6.07 Å². The third-order valence-electron chi connectivity index (χ3n) is 3.66. The number of hydrogen-bond acceptors (Lipinski definition) is 3. The van der Waals surface area contributed by atoms with Gasteiger partial charge in [-0.05, 0) is 32.1 Å². The van der Waals surface area contributed by atoms with Gasteiger partial charge in [0.2, 0.25) is 11.8 Å². The largest absolute Gasteiger partial charge is 0.355 e. The monoisotopic (exact) mass is 265 g/mol. The van der Waals surface area contributed by atoms with E-state index in [0.717, 1.165) is 12.8 Å². The number of nitrogens with zero attached hydrogens (tertiary/aromatic N) is 1. The predicted octanol–water partition coefficient (Wildman–Crippen LogP) is 1.49. The molecule has 0 atom stereocenters. The maximum Gasteiger partial charge on any atom is 0.240 e. The lowest BCUT2D eigenvalue weighted by Gasteiger charge is -2.22. The number of nitriles is 1. The molecule has 0 spiro atoms. The van der Waals surface area contributed by atoms with Crippen molar-refractivity contribution in [1.29, 1.82) is 5.26 Å². The number of carbonyl (C=O) groups excluding carboxylic acids is 2. The van der Waals surface area contributed by atoms with E-state index in [1.54, 1.807) is 0 Å². The van der Waals surface area contributed by atoms with Gasteiger partial charge in [-0.25, -0.2) is 0 Å². The lowest BCUT2D eigenvalue weighted by molar-refractivity contribution is -0.128. The van der Waals surface area contributed by atoms with Crippen LogP contribution in [0.2, 0.25) is 0 Å². The molecule has 106 valence electrons. The SMILES string of the molecule is CCC(C#N)(CC)C(=O)NCCCC(=O)NC1CC1. The molecule has 1 aliphatic carbocycles. The summed E-state index contributed by atoms with van der Waals surface area (Å²) in [6.45, 7) is 4.13. The van der Waals surface area contributed by atoms with Crippen LogP contribution in [0.3, 0.4) is 0 Å². The van der Waals surface area contributed by atoms with E-state index in [-0.39, 0.29) is 11.8 Å². The van der Waals surface area contributed by atoms with Crippen LogP contribution in [0.25, 0.3) is 0 Å². The first-order valence-corrected chi connectivity index (χ1v) is 7.07. The summed E-state index contributed by atoms with van der Waals surface area (Å²) in [6, 6.07) is 2.49. The van der Waals surface area contributed by atoms with Crippen molar-refractivity contribution in [3.8, 4) is 6.07 Å². The van der Waals surface area contributed by atoms with Crippen LogP contribution in [0, 0.1) is 16.7 Å². The summed E-state index contributed by atoms with van der Waals surface area (Å²) in [6.07, 6.45) is 4.22. The molecule has 0 heterocycles. The highest BCUT2D eigenvalue weighted by atomic mass is 16.2. The summed E-state index contributed by atoms with van der Waals surface area (Å²) >= 11 is 0. The summed E-state index contributed by atoms with van der Waals surface area (Å²) in [5.74, 6) is -0.170. The zero-order valence-corrected chi connectivity index (χ0v) is 11.8. The Balaban J connectivity index is 2.22. The van der Waals surface area contributed by atoms with Crippen LogP contribution in [-0.2, 0) is 9.59 Å². The molecular formula is C14H23N3O2. The summed E-state index contributed by atoms with van der Waals surface area (Å²) in [7, 11) is 0. The Kier molecular flexibility index (Phi) is 5.81. The lowest BCUT2D eigenvalue weighted by atomic mass is 9.83. The average Bonchev–Trinajstić information content (AvgIpc) is 3.21. The molecule has 0 aliphatic heterocycles. The van der Waals surface area contributed by atoms with Gasteiger partial charge in [-0.2, -0.15) is 5.26 Å². The summed E-state index contributed by atoms with van der Waals surface area (Å²) in [5.41, 5.74) is -0.920. The molecule has 1 rings (SSSR count). The van der Waals surface area contributed by atoms with Crippen LogP contribution in [0.4, 0.5) is 0 Å². The van der Waals surface area contributed by atoms with Gasteiger partial charge < -0.3 is 10.6 Å². The number of hydrogen-bond donors (Lipinski definition) is 2. The zero-order valence-electron chi connectivity index (χ0n) is 11.8. The van der Waals surface area contributed by atoms with Crippen LogP contribution in [0.5, 0.6) is 0 Å². The third-order valence-corrected chi connectivity index (χ3v) is 3.66. The molecule has 1 aliphatic rings. The molecule has 0 aromatic rings. The maximum atomic E-state index is 12.0. The lowest BCUT2D eigenvalue weighted by Crippen LogP contribution is -2.40.